The van der Waals surface area contributed by atoms with Gasteiger partial charge in [0.1, 0.15) is 12.4 Å². The van der Waals surface area contributed by atoms with E-state index in [1.54, 1.807) is 17.4 Å². The number of thiophene rings is 1. The van der Waals surface area contributed by atoms with E-state index in [9.17, 15) is 9.90 Å². The maximum Gasteiger partial charge on any atom is 0.237 e. The maximum absolute atomic E-state index is 13.3. The summed E-state index contributed by atoms with van der Waals surface area (Å²) in [6, 6.07) is 10.0. The second-order valence-corrected chi connectivity index (χ2v) is 9.20. The zero-order valence-corrected chi connectivity index (χ0v) is 19.4. The monoisotopic (exact) mass is 442 g/mol. The van der Waals surface area contributed by atoms with Crippen molar-refractivity contribution in [1.29, 1.82) is 0 Å². The summed E-state index contributed by atoms with van der Waals surface area (Å²) in [5.41, 5.74) is 2.38. The topological polar surface area (TPSA) is 53.0 Å². The Morgan fingerprint density at radius 1 is 1.39 bits per heavy atom. The lowest BCUT2D eigenvalue weighted by atomic mass is 10.0. The van der Waals surface area contributed by atoms with Crippen molar-refractivity contribution < 1.29 is 14.6 Å². The van der Waals surface area contributed by atoms with Gasteiger partial charge in [-0.25, -0.2) is 0 Å². The molecule has 2 atom stereocenters. The minimum atomic E-state index is -0.428. The summed E-state index contributed by atoms with van der Waals surface area (Å²) in [4.78, 5) is 18.6. The second kappa shape index (κ2) is 11.5. The summed E-state index contributed by atoms with van der Waals surface area (Å²) in [5, 5.41) is 12.3. The molecule has 168 valence electrons. The molecule has 0 fully saturated rings. The molecule has 0 radical (unpaired) electrons. The molecule has 1 amide bonds. The number of fused-ring (bicyclic) bond motifs is 1. The van der Waals surface area contributed by atoms with Gasteiger partial charge in [-0.15, -0.1) is 17.9 Å². The van der Waals surface area contributed by atoms with Crippen LogP contribution in [0.15, 0.2) is 48.4 Å². The predicted octanol–water partition coefficient (Wildman–Crippen LogP) is 4.21. The molecule has 2 heterocycles. The predicted molar refractivity (Wildman–Crippen MR) is 127 cm³/mol. The molecular formula is C25H34N2O3S. The van der Waals surface area contributed by atoms with Crippen molar-refractivity contribution in [3.8, 4) is 5.75 Å². The molecule has 0 aliphatic carbocycles. The number of hydrogen-bond acceptors (Lipinski definition) is 5. The first kappa shape index (κ1) is 23.5. The van der Waals surface area contributed by atoms with Gasteiger partial charge in [-0.3, -0.25) is 9.69 Å². The van der Waals surface area contributed by atoms with E-state index in [0.29, 0.717) is 26.2 Å². The van der Waals surface area contributed by atoms with Gasteiger partial charge in [-0.2, -0.15) is 0 Å². The van der Waals surface area contributed by atoms with Crippen LogP contribution < -0.4 is 4.74 Å². The fraction of sp³-hybridized carbons (Fsp3) is 0.480. The summed E-state index contributed by atoms with van der Waals surface area (Å²) in [6.07, 6.45) is 3.89. The molecule has 1 N–H and O–H groups in total. The van der Waals surface area contributed by atoms with Gasteiger partial charge in [0.05, 0.1) is 18.7 Å². The first-order valence-electron chi connectivity index (χ1n) is 11.1. The van der Waals surface area contributed by atoms with Crippen LogP contribution in [-0.4, -0.2) is 59.7 Å². The summed E-state index contributed by atoms with van der Waals surface area (Å²) >= 11 is 1.75. The lowest BCUT2D eigenvalue weighted by Gasteiger charge is -2.37. The number of rotatable bonds is 11. The third-order valence-corrected chi connectivity index (χ3v) is 6.68. The number of amides is 1. The highest BCUT2D eigenvalue weighted by atomic mass is 32.1. The van der Waals surface area contributed by atoms with Gasteiger partial charge in [-0.05, 0) is 48.9 Å². The molecule has 2 unspecified atom stereocenters. The molecule has 1 aromatic carbocycles. The molecule has 0 saturated carbocycles. The smallest absolute Gasteiger partial charge is 0.237 e. The van der Waals surface area contributed by atoms with E-state index in [-0.39, 0.29) is 18.5 Å². The van der Waals surface area contributed by atoms with Crippen molar-refractivity contribution in [2.45, 2.75) is 45.3 Å². The average Bonchev–Trinajstić information content (AvgIpc) is 3.22. The van der Waals surface area contributed by atoms with Gasteiger partial charge in [0.2, 0.25) is 5.91 Å². The Hall–Kier alpha value is -2.15. The number of carbonyl (C=O) groups is 1. The van der Waals surface area contributed by atoms with E-state index in [1.165, 1.54) is 16.0 Å². The number of aliphatic hydroxyl groups is 1. The normalized spacial score (nSPS) is 16.8. The van der Waals surface area contributed by atoms with Gasteiger partial charge < -0.3 is 14.7 Å². The van der Waals surface area contributed by atoms with Crippen LogP contribution in [0.3, 0.4) is 0 Å². The zero-order chi connectivity index (χ0) is 22.2. The Kier molecular flexibility index (Phi) is 8.69. The molecule has 1 aliphatic heterocycles. The number of carbonyl (C=O) groups excluding carboxylic acids is 1. The van der Waals surface area contributed by atoms with E-state index in [4.69, 9.17) is 4.74 Å². The van der Waals surface area contributed by atoms with E-state index in [1.807, 2.05) is 34.1 Å². The minimum Gasteiger partial charge on any atom is -0.491 e. The Morgan fingerprint density at radius 2 is 2.16 bits per heavy atom. The molecule has 2 aromatic rings. The number of ether oxygens (including phenoxy) is 1. The largest absolute Gasteiger partial charge is 0.491 e. The van der Waals surface area contributed by atoms with Gasteiger partial charge in [0.25, 0.3) is 0 Å². The number of nitrogens with zero attached hydrogens (tertiary/aromatic N) is 2. The highest BCUT2D eigenvalue weighted by Gasteiger charge is 2.33. The van der Waals surface area contributed by atoms with Gasteiger partial charge in [0, 0.05) is 24.5 Å². The minimum absolute atomic E-state index is 0.0694. The van der Waals surface area contributed by atoms with E-state index < -0.39 is 6.10 Å². The number of benzene rings is 1. The molecule has 1 aliphatic rings. The molecule has 0 spiro atoms. The summed E-state index contributed by atoms with van der Waals surface area (Å²) in [6.45, 7) is 10.4. The number of aryl methyl sites for hydroxylation is 1. The van der Waals surface area contributed by atoms with E-state index in [0.717, 1.165) is 25.0 Å². The number of aliphatic hydroxyl groups excluding tert-OH is 1. The van der Waals surface area contributed by atoms with Crippen molar-refractivity contribution in [3.63, 3.8) is 0 Å². The molecule has 1 aromatic heterocycles. The van der Waals surface area contributed by atoms with Crippen LogP contribution in [0.2, 0.25) is 0 Å². The highest BCUT2D eigenvalue weighted by Crippen LogP contribution is 2.34. The standard InChI is InChI=1S/C25H34N2O3S/c1-4-6-20(28)16-26(13-5-2)17-25(29)27-14-11-24-22(12-15-31-24)23(27)18-30-21-9-7-19(3)8-10-21/h5,7-10,12,15,20,23,28H,2,4,6,11,13-14,16-18H2,1,3H3. The summed E-state index contributed by atoms with van der Waals surface area (Å²) in [5.74, 6) is 0.885. The van der Waals surface area contributed by atoms with Crippen LogP contribution in [-0.2, 0) is 11.2 Å². The average molecular weight is 443 g/mol. The van der Waals surface area contributed by atoms with Crippen LogP contribution >= 0.6 is 11.3 Å². The highest BCUT2D eigenvalue weighted by molar-refractivity contribution is 7.10. The lowest BCUT2D eigenvalue weighted by Crippen LogP contribution is -2.47. The summed E-state index contributed by atoms with van der Waals surface area (Å²) in [7, 11) is 0. The van der Waals surface area contributed by atoms with Crippen LogP contribution in [0.1, 0.15) is 41.8 Å². The lowest BCUT2D eigenvalue weighted by molar-refractivity contribution is -0.136. The Morgan fingerprint density at radius 3 is 2.87 bits per heavy atom. The van der Waals surface area contributed by atoms with E-state index >= 15 is 0 Å². The SMILES string of the molecule is C=CCN(CC(=O)N1CCc2sccc2C1COc1ccc(C)cc1)CC(O)CCC. The molecule has 31 heavy (non-hydrogen) atoms. The first-order valence-corrected chi connectivity index (χ1v) is 12.0. The Balaban J connectivity index is 1.71. The zero-order valence-electron chi connectivity index (χ0n) is 18.6. The van der Waals surface area contributed by atoms with Gasteiger partial charge >= 0.3 is 0 Å². The van der Waals surface area contributed by atoms with Crippen molar-refractivity contribution in [2.75, 3.05) is 32.8 Å². The third kappa shape index (κ3) is 6.42. The second-order valence-electron chi connectivity index (χ2n) is 8.20. The fourth-order valence-corrected chi connectivity index (χ4v) is 5.00. The van der Waals surface area contributed by atoms with Crippen molar-refractivity contribution >= 4 is 17.2 Å². The fourth-order valence-electron chi connectivity index (χ4n) is 4.08. The Labute approximate surface area is 189 Å². The third-order valence-electron chi connectivity index (χ3n) is 5.68. The number of hydrogen-bond donors (Lipinski definition) is 1. The summed E-state index contributed by atoms with van der Waals surface area (Å²) < 4.78 is 6.10. The molecule has 0 saturated heterocycles. The molecular weight excluding hydrogens is 408 g/mol. The van der Waals surface area contributed by atoms with Crippen molar-refractivity contribution in [3.05, 3.63) is 64.4 Å². The maximum atomic E-state index is 13.3. The van der Waals surface area contributed by atoms with Gasteiger partial charge in [0.15, 0.2) is 0 Å². The molecule has 6 heteroatoms. The molecule has 5 nitrogen and oxygen atoms in total. The van der Waals surface area contributed by atoms with Crippen LogP contribution in [0.5, 0.6) is 5.75 Å². The first-order chi connectivity index (χ1) is 15.0. The molecule has 0 bridgehead atoms. The molecule has 3 rings (SSSR count). The van der Waals surface area contributed by atoms with Gasteiger partial charge in [-0.1, -0.05) is 37.1 Å². The van der Waals surface area contributed by atoms with Crippen LogP contribution in [0.25, 0.3) is 0 Å². The van der Waals surface area contributed by atoms with Crippen molar-refractivity contribution in [1.82, 2.24) is 9.80 Å². The quantitative estimate of drug-likeness (QED) is 0.530. The Bertz CT molecular complexity index is 849. The van der Waals surface area contributed by atoms with E-state index in [2.05, 4.69) is 31.9 Å². The van der Waals surface area contributed by atoms with Crippen LogP contribution in [0, 0.1) is 6.92 Å². The van der Waals surface area contributed by atoms with Crippen LogP contribution in [0.4, 0.5) is 0 Å². The van der Waals surface area contributed by atoms with Crippen molar-refractivity contribution in [2.24, 2.45) is 0 Å².